The zero-order chi connectivity index (χ0) is 25.1. The largest absolute Gasteiger partial charge is 0.490 e. The van der Waals surface area contributed by atoms with E-state index in [0.717, 1.165) is 21.9 Å². The van der Waals surface area contributed by atoms with E-state index in [4.69, 9.17) is 26.5 Å². The van der Waals surface area contributed by atoms with Gasteiger partial charge in [-0.15, -0.1) is 0 Å². The van der Waals surface area contributed by atoms with Crippen LogP contribution in [0.2, 0.25) is 5.02 Å². The number of nitrogens with zero attached hydrogens (tertiary/aromatic N) is 3. The molecule has 0 fully saturated rings. The fourth-order valence-electron chi connectivity index (χ4n) is 3.64. The van der Waals surface area contributed by atoms with E-state index in [-0.39, 0.29) is 11.4 Å². The predicted octanol–water partition coefficient (Wildman–Crippen LogP) is 6.26. The van der Waals surface area contributed by atoms with Gasteiger partial charge >= 0.3 is 0 Å². The Morgan fingerprint density at radius 2 is 1.89 bits per heavy atom. The molecule has 0 radical (unpaired) electrons. The third-order valence-corrected chi connectivity index (χ3v) is 6.75. The van der Waals surface area contributed by atoms with Gasteiger partial charge < -0.3 is 9.47 Å². The molecule has 4 rings (SSSR count). The first-order valence-corrected chi connectivity index (χ1v) is 12.6. The van der Waals surface area contributed by atoms with Gasteiger partial charge in [0.05, 0.1) is 5.57 Å². The first-order valence-electron chi connectivity index (χ1n) is 11.4. The second-order valence-corrected chi connectivity index (χ2v) is 9.92. The number of rotatable bonds is 8. The standard InChI is InChI=1S/C26H27ClN4O3S/c1-5-23-30-31-24(28)20(25(32)29-26(31)35-23)14-17-13-18(27)7-9-21(17)33-10-11-34-22-12-16(4)6-8-19(22)15(2)3/h6-9,12-15,28H,5,10-11H2,1-4H3/b20-14-,28-24?. The molecule has 0 saturated heterocycles. The fourth-order valence-corrected chi connectivity index (χ4v) is 4.65. The van der Waals surface area contributed by atoms with Crippen molar-refractivity contribution in [2.75, 3.05) is 13.2 Å². The predicted molar refractivity (Wildman–Crippen MR) is 143 cm³/mol. The summed E-state index contributed by atoms with van der Waals surface area (Å²) >= 11 is 7.53. The highest BCUT2D eigenvalue weighted by molar-refractivity contribution is 8.26. The van der Waals surface area contributed by atoms with E-state index in [1.807, 2.05) is 19.9 Å². The van der Waals surface area contributed by atoms with Gasteiger partial charge in [-0.3, -0.25) is 10.2 Å². The quantitative estimate of drug-likeness (QED) is 0.334. The summed E-state index contributed by atoms with van der Waals surface area (Å²) in [5, 5.41) is 16.0. The van der Waals surface area contributed by atoms with E-state index in [2.05, 4.69) is 36.1 Å². The summed E-state index contributed by atoms with van der Waals surface area (Å²) < 4.78 is 12.0. The molecule has 1 amide bonds. The maximum absolute atomic E-state index is 12.7. The molecule has 9 heteroatoms. The number of halogens is 1. The molecule has 0 bridgehead atoms. The lowest BCUT2D eigenvalue weighted by atomic mass is 10.0. The van der Waals surface area contributed by atoms with Crippen LogP contribution in [-0.2, 0) is 4.79 Å². The number of aliphatic imine (C=N–C) groups is 1. The number of hydrogen-bond donors (Lipinski definition) is 1. The Morgan fingerprint density at radius 3 is 2.60 bits per heavy atom. The van der Waals surface area contributed by atoms with Crippen LogP contribution in [0.25, 0.3) is 6.08 Å². The minimum atomic E-state index is -0.490. The van der Waals surface area contributed by atoms with Gasteiger partial charge in [0.25, 0.3) is 5.91 Å². The van der Waals surface area contributed by atoms with Crippen molar-refractivity contribution in [3.8, 4) is 11.5 Å². The molecule has 2 aliphatic heterocycles. The SMILES string of the molecule is CCC1=NN2C(=N)/C(=C/c3cc(Cl)ccc3OCCOc3cc(C)ccc3C(C)C)C(=O)N=C2S1. The number of fused-ring (bicyclic) bond motifs is 1. The van der Waals surface area contributed by atoms with Crippen molar-refractivity contribution in [2.24, 2.45) is 10.1 Å². The Hall–Kier alpha value is -3.10. The van der Waals surface area contributed by atoms with Crippen LogP contribution in [0, 0.1) is 12.3 Å². The smallest absolute Gasteiger partial charge is 0.283 e. The molecule has 2 aromatic rings. The van der Waals surface area contributed by atoms with Crippen molar-refractivity contribution in [3.63, 3.8) is 0 Å². The van der Waals surface area contributed by atoms with Gasteiger partial charge in [-0.25, -0.2) is 0 Å². The lowest BCUT2D eigenvalue weighted by molar-refractivity contribution is -0.114. The van der Waals surface area contributed by atoms with E-state index in [1.54, 1.807) is 24.3 Å². The van der Waals surface area contributed by atoms with Crippen LogP contribution in [0.1, 0.15) is 49.8 Å². The number of aryl methyl sites for hydroxylation is 1. The van der Waals surface area contributed by atoms with E-state index in [0.29, 0.717) is 47.1 Å². The van der Waals surface area contributed by atoms with Crippen molar-refractivity contribution >= 4 is 51.4 Å². The highest BCUT2D eigenvalue weighted by Crippen LogP contribution is 2.32. The molecule has 35 heavy (non-hydrogen) atoms. The number of ether oxygens (including phenoxy) is 2. The highest BCUT2D eigenvalue weighted by atomic mass is 35.5. The van der Waals surface area contributed by atoms with E-state index < -0.39 is 5.91 Å². The Kier molecular flexibility index (Phi) is 7.62. The van der Waals surface area contributed by atoms with Gasteiger partial charge in [-0.2, -0.15) is 15.1 Å². The molecule has 1 N–H and O–H groups in total. The van der Waals surface area contributed by atoms with Gasteiger partial charge in [0.15, 0.2) is 5.84 Å². The lowest BCUT2D eigenvalue weighted by Crippen LogP contribution is -2.35. The van der Waals surface area contributed by atoms with E-state index >= 15 is 0 Å². The number of nitrogens with one attached hydrogen (secondary N) is 1. The summed E-state index contributed by atoms with van der Waals surface area (Å²) in [4.78, 5) is 16.8. The number of amides is 1. The third-order valence-electron chi connectivity index (χ3n) is 5.46. The molecule has 2 aromatic carbocycles. The average molecular weight is 511 g/mol. The van der Waals surface area contributed by atoms with Crippen LogP contribution in [-0.4, -0.2) is 40.2 Å². The maximum atomic E-state index is 12.7. The molecule has 0 aliphatic carbocycles. The molecular weight excluding hydrogens is 484 g/mol. The number of carbonyl (C=O) groups excluding carboxylic acids is 1. The molecule has 0 saturated carbocycles. The monoisotopic (exact) mass is 510 g/mol. The van der Waals surface area contributed by atoms with Crippen LogP contribution < -0.4 is 9.47 Å². The van der Waals surface area contributed by atoms with Crippen LogP contribution in [0.3, 0.4) is 0 Å². The highest BCUT2D eigenvalue weighted by Gasteiger charge is 2.35. The van der Waals surface area contributed by atoms with Crippen molar-refractivity contribution in [2.45, 2.75) is 40.0 Å². The number of benzene rings is 2. The van der Waals surface area contributed by atoms with Crippen LogP contribution in [0.15, 0.2) is 52.1 Å². The fraction of sp³-hybridized carbons (Fsp3) is 0.308. The second kappa shape index (κ2) is 10.7. The summed E-state index contributed by atoms with van der Waals surface area (Å²) in [6.07, 6.45) is 2.28. The zero-order valence-electron chi connectivity index (χ0n) is 20.1. The van der Waals surface area contributed by atoms with Gasteiger partial charge in [-0.05, 0) is 72.5 Å². The van der Waals surface area contributed by atoms with Crippen LogP contribution >= 0.6 is 23.4 Å². The number of hydrogen-bond acceptors (Lipinski definition) is 6. The minimum absolute atomic E-state index is 0.0223. The second-order valence-electron chi connectivity index (χ2n) is 8.44. The molecule has 2 aliphatic rings. The molecule has 0 atom stereocenters. The van der Waals surface area contributed by atoms with Gasteiger partial charge in [0, 0.05) is 10.6 Å². The molecule has 7 nitrogen and oxygen atoms in total. The van der Waals surface area contributed by atoms with Crippen molar-refractivity contribution in [1.82, 2.24) is 5.01 Å². The average Bonchev–Trinajstić information content (AvgIpc) is 3.23. The van der Waals surface area contributed by atoms with Crippen molar-refractivity contribution in [3.05, 3.63) is 63.7 Å². The minimum Gasteiger partial charge on any atom is -0.490 e. The summed E-state index contributed by atoms with van der Waals surface area (Å²) in [5.74, 6) is 1.22. The van der Waals surface area contributed by atoms with Gasteiger partial charge in [-0.1, -0.05) is 44.5 Å². The van der Waals surface area contributed by atoms with E-state index in [9.17, 15) is 4.79 Å². The van der Waals surface area contributed by atoms with Crippen LogP contribution in [0.4, 0.5) is 0 Å². The Bertz CT molecular complexity index is 1270. The van der Waals surface area contributed by atoms with Crippen molar-refractivity contribution < 1.29 is 14.3 Å². The zero-order valence-corrected chi connectivity index (χ0v) is 21.7. The molecule has 0 unspecified atom stereocenters. The summed E-state index contributed by atoms with van der Waals surface area (Å²) in [6.45, 7) is 8.91. The third kappa shape index (κ3) is 5.60. The van der Waals surface area contributed by atoms with Crippen molar-refractivity contribution in [1.29, 1.82) is 5.41 Å². The molecule has 2 heterocycles. The van der Waals surface area contributed by atoms with Gasteiger partial charge in [0.1, 0.15) is 29.8 Å². The Labute approximate surface area is 214 Å². The number of thioether (sulfide) groups is 1. The molecular formula is C26H27ClN4O3S. The first-order chi connectivity index (χ1) is 16.8. The summed E-state index contributed by atoms with van der Waals surface area (Å²) in [7, 11) is 0. The summed E-state index contributed by atoms with van der Waals surface area (Å²) in [5.41, 5.74) is 2.99. The molecule has 182 valence electrons. The number of hydrazone groups is 1. The Balaban J connectivity index is 1.50. The molecule has 0 aromatic heterocycles. The topological polar surface area (TPSA) is 87.3 Å². The van der Waals surface area contributed by atoms with Gasteiger partial charge in [0.2, 0.25) is 5.17 Å². The maximum Gasteiger partial charge on any atom is 0.283 e. The first kappa shape index (κ1) is 25.0. The van der Waals surface area contributed by atoms with Crippen LogP contribution in [0.5, 0.6) is 11.5 Å². The number of carbonyl (C=O) groups is 1. The van der Waals surface area contributed by atoms with E-state index in [1.165, 1.54) is 16.8 Å². The lowest BCUT2D eigenvalue weighted by Gasteiger charge is -2.20. The summed E-state index contributed by atoms with van der Waals surface area (Å²) in [6, 6.07) is 11.4. The normalized spacial score (nSPS) is 16.5. The number of amidine groups is 2. The Morgan fingerprint density at radius 1 is 1.14 bits per heavy atom. The molecule has 0 spiro atoms.